The molecule has 0 bridgehead atoms. The second-order valence-corrected chi connectivity index (χ2v) is 4.96. The highest BCUT2D eigenvalue weighted by atomic mass is 32.1. The number of hydrogen-bond donors (Lipinski definition) is 0. The summed E-state index contributed by atoms with van der Waals surface area (Å²) in [5.74, 6) is 0. The van der Waals surface area contributed by atoms with Gasteiger partial charge >= 0.3 is 6.03 Å². The van der Waals surface area contributed by atoms with E-state index in [2.05, 4.69) is 9.88 Å². The maximum Gasteiger partial charge on any atom is 0.319 e. The van der Waals surface area contributed by atoms with Gasteiger partial charge in [0.05, 0.1) is 0 Å². The molecule has 0 N–H and O–H groups in total. The van der Waals surface area contributed by atoms with Gasteiger partial charge in [0.15, 0.2) is 5.13 Å². The Balaban J connectivity index is 1.88. The Bertz CT molecular complexity index is 360. The maximum atomic E-state index is 11.9. The summed E-state index contributed by atoms with van der Waals surface area (Å²) in [7, 11) is 1.84. The van der Waals surface area contributed by atoms with E-state index >= 15 is 0 Å². The fraction of sp³-hybridized carbons (Fsp3) is 0.636. The van der Waals surface area contributed by atoms with Crippen LogP contribution in [0.1, 0.15) is 6.92 Å². The highest BCUT2D eigenvalue weighted by Gasteiger charge is 2.23. The van der Waals surface area contributed by atoms with Gasteiger partial charge in [0.25, 0.3) is 0 Å². The van der Waals surface area contributed by atoms with Gasteiger partial charge in [-0.2, -0.15) is 0 Å². The summed E-state index contributed by atoms with van der Waals surface area (Å²) in [5, 5.41) is 3.04. The molecule has 1 saturated heterocycles. The number of carbonyl (C=O) groups excluding carboxylic acids is 1. The standard InChI is InChI=1S/C11H18N4OS/c1-3-13(2)11(16)15-7-5-14(6-8-15)10-12-4-9-17-10/h4,9H,3,5-8H2,1-2H3. The van der Waals surface area contributed by atoms with Gasteiger partial charge in [-0.25, -0.2) is 9.78 Å². The van der Waals surface area contributed by atoms with Crippen molar-refractivity contribution in [3.05, 3.63) is 11.6 Å². The maximum absolute atomic E-state index is 11.9. The summed E-state index contributed by atoms with van der Waals surface area (Å²) in [6.45, 7) is 6.05. The topological polar surface area (TPSA) is 39.7 Å². The van der Waals surface area contributed by atoms with Crippen LogP contribution in [0.25, 0.3) is 0 Å². The van der Waals surface area contributed by atoms with Gasteiger partial charge in [-0.05, 0) is 6.92 Å². The Kier molecular flexibility index (Phi) is 3.83. The Labute approximate surface area is 106 Å². The lowest BCUT2D eigenvalue weighted by Gasteiger charge is -2.36. The molecule has 0 aliphatic carbocycles. The van der Waals surface area contributed by atoms with Crippen LogP contribution in [0.4, 0.5) is 9.93 Å². The van der Waals surface area contributed by atoms with Crippen molar-refractivity contribution in [1.82, 2.24) is 14.8 Å². The Morgan fingerprint density at radius 1 is 1.47 bits per heavy atom. The molecule has 0 spiro atoms. The summed E-state index contributed by atoms with van der Waals surface area (Å²) in [6, 6.07) is 0.131. The number of rotatable bonds is 2. The minimum atomic E-state index is 0.131. The molecular formula is C11H18N4OS. The Hall–Kier alpha value is -1.30. The van der Waals surface area contributed by atoms with E-state index in [0.29, 0.717) is 0 Å². The molecule has 6 heteroatoms. The summed E-state index contributed by atoms with van der Waals surface area (Å²) in [4.78, 5) is 22.1. The molecule has 94 valence electrons. The molecular weight excluding hydrogens is 236 g/mol. The molecule has 0 atom stereocenters. The number of piperazine rings is 1. The number of hydrogen-bond acceptors (Lipinski definition) is 4. The molecule has 1 aliphatic rings. The zero-order chi connectivity index (χ0) is 12.3. The first kappa shape index (κ1) is 12.2. The van der Waals surface area contributed by atoms with E-state index in [1.165, 1.54) is 0 Å². The van der Waals surface area contributed by atoms with Gasteiger partial charge in [0.2, 0.25) is 0 Å². The predicted molar refractivity (Wildman–Crippen MR) is 69.6 cm³/mol. The normalized spacial score (nSPS) is 16.1. The molecule has 2 rings (SSSR count). The number of aromatic nitrogens is 1. The summed E-state index contributed by atoms with van der Waals surface area (Å²) >= 11 is 1.65. The van der Waals surface area contributed by atoms with Crippen LogP contribution < -0.4 is 4.90 Å². The quantitative estimate of drug-likeness (QED) is 0.799. The number of carbonyl (C=O) groups is 1. The first-order chi connectivity index (χ1) is 8.22. The van der Waals surface area contributed by atoms with Crippen molar-refractivity contribution in [3.8, 4) is 0 Å². The molecule has 0 unspecified atom stereocenters. The molecule has 1 aliphatic heterocycles. The van der Waals surface area contributed by atoms with E-state index < -0.39 is 0 Å². The van der Waals surface area contributed by atoms with E-state index in [9.17, 15) is 4.79 Å². The first-order valence-electron chi connectivity index (χ1n) is 5.87. The third-order valence-electron chi connectivity index (χ3n) is 3.04. The molecule has 0 aromatic carbocycles. The Morgan fingerprint density at radius 3 is 2.71 bits per heavy atom. The molecule has 1 aromatic heterocycles. The van der Waals surface area contributed by atoms with Crippen LogP contribution in [0.2, 0.25) is 0 Å². The van der Waals surface area contributed by atoms with E-state index in [1.54, 1.807) is 16.2 Å². The van der Waals surface area contributed by atoms with E-state index in [4.69, 9.17) is 0 Å². The second kappa shape index (κ2) is 5.35. The number of thiazole rings is 1. The lowest BCUT2D eigenvalue weighted by atomic mass is 10.3. The Morgan fingerprint density at radius 2 is 2.18 bits per heavy atom. The molecule has 5 nitrogen and oxygen atoms in total. The molecule has 1 fully saturated rings. The van der Waals surface area contributed by atoms with Crippen molar-refractivity contribution in [2.45, 2.75) is 6.92 Å². The lowest BCUT2D eigenvalue weighted by Crippen LogP contribution is -2.52. The second-order valence-electron chi connectivity index (χ2n) is 4.09. The van der Waals surface area contributed by atoms with Crippen molar-refractivity contribution in [1.29, 1.82) is 0 Å². The van der Waals surface area contributed by atoms with Crippen molar-refractivity contribution >= 4 is 22.5 Å². The fourth-order valence-corrected chi connectivity index (χ4v) is 2.53. The van der Waals surface area contributed by atoms with Crippen LogP contribution in [-0.4, -0.2) is 60.6 Å². The highest BCUT2D eigenvalue weighted by Crippen LogP contribution is 2.19. The largest absolute Gasteiger partial charge is 0.345 e. The number of urea groups is 1. The van der Waals surface area contributed by atoms with Gasteiger partial charge in [0.1, 0.15) is 0 Å². The highest BCUT2D eigenvalue weighted by molar-refractivity contribution is 7.13. The number of amides is 2. The summed E-state index contributed by atoms with van der Waals surface area (Å²) < 4.78 is 0. The van der Waals surface area contributed by atoms with Crippen LogP contribution in [0.5, 0.6) is 0 Å². The van der Waals surface area contributed by atoms with Gasteiger partial charge in [-0.15, -0.1) is 11.3 Å². The summed E-state index contributed by atoms with van der Waals surface area (Å²) in [5.41, 5.74) is 0. The predicted octanol–water partition coefficient (Wildman–Crippen LogP) is 1.34. The van der Waals surface area contributed by atoms with Crippen LogP contribution >= 0.6 is 11.3 Å². The molecule has 0 saturated carbocycles. The smallest absolute Gasteiger partial charge is 0.319 e. The van der Waals surface area contributed by atoms with E-state index in [1.807, 2.05) is 30.4 Å². The zero-order valence-electron chi connectivity index (χ0n) is 10.3. The zero-order valence-corrected chi connectivity index (χ0v) is 11.1. The number of nitrogens with zero attached hydrogens (tertiary/aromatic N) is 4. The van der Waals surface area contributed by atoms with E-state index in [0.717, 1.165) is 37.9 Å². The van der Waals surface area contributed by atoms with Crippen molar-refractivity contribution in [2.24, 2.45) is 0 Å². The molecule has 17 heavy (non-hydrogen) atoms. The third-order valence-corrected chi connectivity index (χ3v) is 3.87. The molecule has 0 radical (unpaired) electrons. The van der Waals surface area contributed by atoms with Gasteiger partial charge in [-0.1, -0.05) is 0 Å². The van der Waals surface area contributed by atoms with Gasteiger partial charge < -0.3 is 14.7 Å². The van der Waals surface area contributed by atoms with Crippen molar-refractivity contribution in [3.63, 3.8) is 0 Å². The average molecular weight is 254 g/mol. The molecule has 2 amide bonds. The van der Waals surface area contributed by atoms with Crippen molar-refractivity contribution in [2.75, 3.05) is 44.7 Å². The minimum Gasteiger partial charge on any atom is -0.345 e. The first-order valence-corrected chi connectivity index (χ1v) is 6.75. The molecule has 2 heterocycles. The number of anilines is 1. The third kappa shape index (κ3) is 2.69. The lowest BCUT2D eigenvalue weighted by molar-refractivity contribution is 0.161. The fourth-order valence-electron chi connectivity index (χ4n) is 1.84. The van der Waals surface area contributed by atoms with E-state index in [-0.39, 0.29) is 6.03 Å². The minimum absolute atomic E-state index is 0.131. The van der Waals surface area contributed by atoms with Crippen molar-refractivity contribution < 1.29 is 4.79 Å². The van der Waals surface area contributed by atoms with Crippen LogP contribution in [-0.2, 0) is 0 Å². The van der Waals surface area contributed by atoms with Crippen LogP contribution in [0.15, 0.2) is 11.6 Å². The summed E-state index contributed by atoms with van der Waals surface area (Å²) in [6.07, 6.45) is 1.82. The molecule has 1 aromatic rings. The van der Waals surface area contributed by atoms with Gasteiger partial charge in [-0.3, -0.25) is 0 Å². The van der Waals surface area contributed by atoms with Gasteiger partial charge in [0, 0.05) is 51.3 Å². The SMILES string of the molecule is CCN(C)C(=O)N1CCN(c2nccs2)CC1. The van der Waals surface area contributed by atoms with Crippen LogP contribution in [0, 0.1) is 0 Å². The monoisotopic (exact) mass is 254 g/mol. The average Bonchev–Trinajstić information content (AvgIpc) is 2.91. The van der Waals surface area contributed by atoms with Crippen LogP contribution in [0.3, 0.4) is 0 Å².